The summed E-state index contributed by atoms with van der Waals surface area (Å²) in [6, 6.07) is 11.9. The summed E-state index contributed by atoms with van der Waals surface area (Å²) in [5.74, 6) is 0.366. The van der Waals surface area contributed by atoms with Gasteiger partial charge in [0, 0.05) is 46.6 Å². The number of hydrogen-bond donors (Lipinski definition) is 1. The van der Waals surface area contributed by atoms with E-state index in [-0.39, 0.29) is 24.1 Å². The highest BCUT2D eigenvalue weighted by Crippen LogP contribution is 2.60. The van der Waals surface area contributed by atoms with E-state index in [4.69, 9.17) is 4.74 Å². The number of nitrogens with zero attached hydrogens (tertiary/aromatic N) is 3. The summed E-state index contributed by atoms with van der Waals surface area (Å²) in [6.07, 6.45) is 10.7. The number of aromatic nitrogens is 3. The molecule has 34 heavy (non-hydrogen) atoms. The van der Waals surface area contributed by atoms with E-state index in [0.717, 1.165) is 0 Å². The molecule has 0 amide bonds. The van der Waals surface area contributed by atoms with Crippen LogP contribution in [0.4, 0.5) is 0 Å². The van der Waals surface area contributed by atoms with Crippen LogP contribution in [0.2, 0.25) is 0 Å². The third kappa shape index (κ3) is 2.37. The summed E-state index contributed by atoms with van der Waals surface area (Å²) in [5.41, 5.74) is 6.95. The Labute approximate surface area is 201 Å². The predicted molar refractivity (Wildman–Crippen MR) is 134 cm³/mol. The zero-order valence-corrected chi connectivity index (χ0v) is 20.5. The maximum absolute atomic E-state index is 11.1. The molecule has 0 unspecified atom stereocenters. The first kappa shape index (κ1) is 20.6. The summed E-state index contributed by atoms with van der Waals surface area (Å²) < 4.78 is 14.2. The van der Waals surface area contributed by atoms with Crippen LogP contribution in [0, 0.1) is 13.8 Å². The summed E-state index contributed by atoms with van der Waals surface area (Å²) in [6.45, 7) is 10.9. The number of rotatable bonds is 2. The van der Waals surface area contributed by atoms with E-state index < -0.39 is 11.7 Å². The summed E-state index contributed by atoms with van der Waals surface area (Å²) in [4.78, 5) is 0. The molecule has 3 aromatic rings. The van der Waals surface area contributed by atoms with Gasteiger partial charge in [-0.15, -0.1) is 0 Å². The molecule has 1 fully saturated rings. The van der Waals surface area contributed by atoms with Crippen LogP contribution in [0.25, 0.3) is 12.2 Å². The number of fused-ring (bicyclic) bond motifs is 3. The van der Waals surface area contributed by atoms with Crippen LogP contribution in [-0.2, 0) is 4.74 Å². The van der Waals surface area contributed by atoms with E-state index in [1.54, 1.807) is 0 Å². The highest BCUT2D eigenvalue weighted by atomic mass is 16.5. The molecule has 1 saturated heterocycles. The van der Waals surface area contributed by atoms with Gasteiger partial charge in [0.2, 0.25) is 0 Å². The minimum absolute atomic E-state index is 0.000216. The Hall–Kier alpha value is -2.76. The number of aliphatic hydroxyl groups is 1. The first-order valence-electron chi connectivity index (χ1n) is 12.6. The SMILES string of the molecule is Cc1ccc2n1[C@@H]1[C@H]3O[C@]([C@H](C)O)(C=C2)[C@H]1c1cc([C@H]2C=Cc4ccc(C)n4[C@@H]2C)cn1[C@@H]3C. The van der Waals surface area contributed by atoms with E-state index in [1.807, 2.05) is 6.92 Å². The largest absolute Gasteiger partial charge is 0.390 e. The van der Waals surface area contributed by atoms with Crippen molar-refractivity contribution in [3.05, 3.63) is 82.7 Å². The van der Waals surface area contributed by atoms with Gasteiger partial charge in [-0.3, -0.25) is 0 Å². The van der Waals surface area contributed by atoms with Crippen LogP contribution in [0.15, 0.2) is 48.7 Å². The fourth-order valence-electron chi connectivity index (χ4n) is 7.53. The molecule has 5 nitrogen and oxygen atoms in total. The predicted octanol–water partition coefficient (Wildman–Crippen LogP) is 5.52. The van der Waals surface area contributed by atoms with Gasteiger partial charge in [-0.2, -0.15) is 0 Å². The topological polar surface area (TPSA) is 44.2 Å². The van der Waals surface area contributed by atoms with Crippen LogP contribution in [0.3, 0.4) is 0 Å². The van der Waals surface area contributed by atoms with Gasteiger partial charge in [0.05, 0.1) is 24.1 Å². The Morgan fingerprint density at radius 1 is 0.971 bits per heavy atom. The van der Waals surface area contributed by atoms with Gasteiger partial charge < -0.3 is 23.5 Å². The Balaban J connectivity index is 1.40. The van der Waals surface area contributed by atoms with E-state index >= 15 is 0 Å². The Kier molecular flexibility index (Phi) is 4.04. The van der Waals surface area contributed by atoms with Crippen LogP contribution in [0.1, 0.15) is 84.8 Å². The van der Waals surface area contributed by atoms with E-state index in [9.17, 15) is 5.11 Å². The lowest BCUT2D eigenvalue weighted by Crippen LogP contribution is -2.43. The second-order valence-electron chi connectivity index (χ2n) is 10.9. The van der Waals surface area contributed by atoms with Crippen LogP contribution >= 0.6 is 0 Å². The fourth-order valence-corrected chi connectivity index (χ4v) is 7.53. The van der Waals surface area contributed by atoms with Crippen molar-refractivity contribution in [3.8, 4) is 0 Å². The summed E-state index contributed by atoms with van der Waals surface area (Å²) >= 11 is 0. The number of hydrogen-bond acceptors (Lipinski definition) is 2. The minimum atomic E-state index is -0.725. The molecular formula is C29H33N3O2. The molecule has 4 bridgehead atoms. The highest BCUT2D eigenvalue weighted by molar-refractivity contribution is 5.56. The molecule has 0 aromatic carbocycles. The molecular weight excluding hydrogens is 422 g/mol. The van der Waals surface area contributed by atoms with Gasteiger partial charge in [-0.05, 0) is 88.7 Å². The number of aliphatic hydroxyl groups excluding tert-OH is 1. The average molecular weight is 456 g/mol. The van der Waals surface area contributed by atoms with Crippen LogP contribution < -0.4 is 0 Å². The Morgan fingerprint density at radius 3 is 2.41 bits per heavy atom. The van der Waals surface area contributed by atoms with E-state index in [0.29, 0.717) is 12.0 Å². The molecule has 3 aromatic heterocycles. The summed E-state index contributed by atoms with van der Waals surface area (Å²) in [5, 5.41) is 11.1. The zero-order chi connectivity index (χ0) is 23.5. The van der Waals surface area contributed by atoms with Crippen molar-refractivity contribution in [3.63, 3.8) is 0 Å². The first-order valence-corrected chi connectivity index (χ1v) is 12.6. The van der Waals surface area contributed by atoms with Crippen molar-refractivity contribution in [1.29, 1.82) is 0 Å². The van der Waals surface area contributed by atoms with E-state index in [2.05, 4.69) is 102 Å². The second kappa shape index (κ2) is 6.67. The number of ether oxygens (including phenoxy) is 1. The lowest BCUT2D eigenvalue weighted by molar-refractivity contribution is -0.0904. The third-order valence-corrected chi connectivity index (χ3v) is 9.20. The monoisotopic (exact) mass is 455 g/mol. The molecule has 7 rings (SSSR count). The maximum Gasteiger partial charge on any atom is 0.123 e. The lowest BCUT2D eigenvalue weighted by atomic mass is 9.75. The molecule has 0 spiro atoms. The van der Waals surface area contributed by atoms with Crippen molar-refractivity contribution in [2.75, 3.05) is 0 Å². The molecule has 0 radical (unpaired) electrons. The third-order valence-electron chi connectivity index (χ3n) is 9.20. The van der Waals surface area contributed by atoms with Gasteiger partial charge in [0.15, 0.2) is 0 Å². The summed E-state index contributed by atoms with van der Waals surface area (Å²) in [7, 11) is 0. The van der Waals surface area contributed by atoms with Gasteiger partial charge in [-0.1, -0.05) is 6.08 Å². The molecule has 7 heterocycles. The molecule has 0 aliphatic carbocycles. The fraction of sp³-hybridized carbons (Fsp3) is 0.448. The Morgan fingerprint density at radius 2 is 1.68 bits per heavy atom. The van der Waals surface area contributed by atoms with Crippen molar-refractivity contribution < 1.29 is 9.84 Å². The van der Waals surface area contributed by atoms with Crippen molar-refractivity contribution in [2.24, 2.45) is 0 Å². The van der Waals surface area contributed by atoms with Crippen molar-refractivity contribution >= 4 is 12.2 Å². The molecule has 0 saturated carbocycles. The highest BCUT2D eigenvalue weighted by Gasteiger charge is 2.63. The van der Waals surface area contributed by atoms with Gasteiger partial charge in [-0.25, -0.2) is 0 Å². The van der Waals surface area contributed by atoms with E-state index in [1.165, 1.54) is 34.0 Å². The smallest absolute Gasteiger partial charge is 0.123 e. The minimum Gasteiger partial charge on any atom is -0.390 e. The molecule has 4 aliphatic rings. The molecule has 5 heteroatoms. The standard InChI is InChI=1S/C29H33N3O2/c1-16-6-8-22-10-11-24(18(3)31(16)22)21-14-25-26-27-28(19(4)30(25)15-21)34-29(26,20(5)33)13-12-23-9-7-17(2)32(23)27/h6-15,18-20,24,26-28,33H,1-5H3/t18-,19-,20+,24+,26+,27+,28+,29+/m1/s1. The molecule has 1 N–H and O–H groups in total. The quantitative estimate of drug-likeness (QED) is 0.553. The van der Waals surface area contributed by atoms with Gasteiger partial charge >= 0.3 is 0 Å². The lowest BCUT2D eigenvalue weighted by Gasteiger charge is -2.38. The Bertz CT molecular complexity index is 1370. The van der Waals surface area contributed by atoms with Crippen LogP contribution in [0.5, 0.6) is 0 Å². The van der Waals surface area contributed by atoms with Crippen molar-refractivity contribution in [2.45, 2.75) is 82.4 Å². The van der Waals surface area contributed by atoms with Crippen molar-refractivity contribution in [1.82, 2.24) is 13.7 Å². The van der Waals surface area contributed by atoms with Gasteiger partial charge in [0.1, 0.15) is 11.7 Å². The van der Waals surface area contributed by atoms with Gasteiger partial charge in [0.25, 0.3) is 0 Å². The average Bonchev–Trinajstić information content (AvgIpc) is 3.52. The molecule has 8 atom stereocenters. The zero-order valence-electron chi connectivity index (χ0n) is 20.5. The first-order chi connectivity index (χ1) is 16.3. The second-order valence-corrected chi connectivity index (χ2v) is 10.9. The maximum atomic E-state index is 11.1. The molecule has 4 aliphatic heterocycles. The molecule has 176 valence electrons. The number of aryl methyl sites for hydroxylation is 2. The number of allylic oxidation sites excluding steroid dienone is 1. The van der Waals surface area contributed by atoms with Crippen LogP contribution in [-0.4, -0.2) is 36.6 Å². The normalized spacial score (nSPS) is 35.6.